The summed E-state index contributed by atoms with van der Waals surface area (Å²) in [5.41, 5.74) is -0.552. The molecule has 0 saturated heterocycles. The van der Waals surface area contributed by atoms with Crippen molar-refractivity contribution < 1.29 is 29.3 Å². The second-order valence-corrected chi connectivity index (χ2v) is 7.35. The smallest absolute Gasteiger partial charge is 0.311 e. The van der Waals surface area contributed by atoms with Crippen molar-refractivity contribution in [3.63, 3.8) is 0 Å². The number of carbonyl (C=O) groups is 2. The zero-order valence-corrected chi connectivity index (χ0v) is 14.6. The molecule has 3 aliphatic rings. The van der Waals surface area contributed by atoms with Gasteiger partial charge in [-0.2, -0.15) is 0 Å². The number of ether oxygens (including phenoxy) is 2. The van der Waals surface area contributed by atoms with Crippen molar-refractivity contribution in [2.75, 3.05) is 13.2 Å². The number of rotatable bonds is 7. The summed E-state index contributed by atoms with van der Waals surface area (Å²) >= 11 is 0. The third kappa shape index (κ3) is 3.98. The molecule has 4 atom stereocenters. The quantitative estimate of drug-likeness (QED) is 0.317. The van der Waals surface area contributed by atoms with Gasteiger partial charge in [0.05, 0.1) is 11.3 Å². The van der Waals surface area contributed by atoms with E-state index in [1.165, 1.54) is 0 Å². The Morgan fingerprint density at radius 3 is 2.25 bits per heavy atom. The summed E-state index contributed by atoms with van der Waals surface area (Å²) in [6, 6.07) is 0. The van der Waals surface area contributed by atoms with Crippen LogP contribution in [0.25, 0.3) is 0 Å². The van der Waals surface area contributed by atoms with Gasteiger partial charge in [0.2, 0.25) is 0 Å². The summed E-state index contributed by atoms with van der Waals surface area (Å²) < 4.78 is 10.4. The summed E-state index contributed by atoms with van der Waals surface area (Å²) in [6.07, 6.45) is 4.78. The van der Waals surface area contributed by atoms with E-state index in [1.54, 1.807) is 13.8 Å². The van der Waals surface area contributed by atoms with Gasteiger partial charge >= 0.3 is 11.9 Å². The van der Waals surface area contributed by atoms with Crippen LogP contribution in [0.5, 0.6) is 0 Å². The van der Waals surface area contributed by atoms with E-state index in [0.29, 0.717) is 6.42 Å². The van der Waals surface area contributed by atoms with Crippen LogP contribution in [0.15, 0.2) is 12.2 Å². The number of fused-ring (bicyclic) bond motifs is 2. The lowest BCUT2D eigenvalue weighted by Gasteiger charge is -2.44. The fraction of sp³-hybridized carbons (Fsp3) is 0.778. The van der Waals surface area contributed by atoms with E-state index in [4.69, 9.17) is 9.47 Å². The second kappa shape index (κ2) is 7.66. The van der Waals surface area contributed by atoms with Crippen molar-refractivity contribution in [1.82, 2.24) is 0 Å². The highest BCUT2D eigenvalue weighted by molar-refractivity contribution is 5.76. The lowest BCUT2D eigenvalue weighted by Crippen LogP contribution is -2.47. The number of carbonyl (C=O) groups excluding carboxylic acids is 2. The Bertz CT molecular complexity index is 496. The van der Waals surface area contributed by atoms with Gasteiger partial charge in [-0.1, -0.05) is 19.1 Å². The molecule has 6 nitrogen and oxygen atoms in total. The highest BCUT2D eigenvalue weighted by atomic mass is 16.6. The molecule has 0 spiro atoms. The first-order valence-electron chi connectivity index (χ1n) is 8.66. The first-order valence-corrected chi connectivity index (χ1v) is 8.66. The SMILES string of the molecule is CCC(C)(C)C(=O)OCCOC(=O)C1C2C=CC(CC2)C1C(O)O. The van der Waals surface area contributed by atoms with Crippen LogP contribution in [0.2, 0.25) is 0 Å². The van der Waals surface area contributed by atoms with Crippen LogP contribution < -0.4 is 0 Å². The first-order chi connectivity index (χ1) is 11.3. The van der Waals surface area contributed by atoms with E-state index in [1.807, 2.05) is 19.1 Å². The molecule has 3 rings (SSSR count). The van der Waals surface area contributed by atoms with Gasteiger partial charge in [0, 0.05) is 5.92 Å². The molecular formula is C18H28O6. The first kappa shape index (κ1) is 18.9. The van der Waals surface area contributed by atoms with Crippen LogP contribution in [0.1, 0.15) is 40.0 Å². The van der Waals surface area contributed by atoms with Gasteiger partial charge in [-0.25, -0.2) is 0 Å². The van der Waals surface area contributed by atoms with Crippen molar-refractivity contribution in [3.8, 4) is 0 Å². The van der Waals surface area contributed by atoms with Gasteiger partial charge in [0.25, 0.3) is 0 Å². The maximum absolute atomic E-state index is 12.4. The zero-order valence-electron chi connectivity index (χ0n) is 14.6. The van der Waals surface area contributed by atoms with E-state index in [0.717, 1.165) is 12.8 Å². The van der Waals surface area contributed by atoms with Crippen molar-refractivity contribution in [1.29, 1.82) is 0 Å². The third-order valence-electron chi connectivity index (χ3n) is 5.42. The molecule has 24 heavy (non-hydrogen) atoms. The number of allylic oxidation sites excluding steroid dienone is 2. The molecule has 0 aliphatic heterocycles. The molecular weight excluding hydrogens is 312 g/mol. The van der Waals surface area contributed by atoms with E-state index in [-0.39, 0.29) is 31.0 Å². The van der Waals surface area contributed by atoms with Crippen LogP contribution in [0.3, 0.4) is 0 Å². The predicted octanol–water partition coefficient (Wildman–Crippen LogP) is 1.65. The molecule has 136 valence electrons. The van der Waals surface area contributed by atoms with Crippen molar-refractivity contribution >= 4 is 11.9 Å². The average molecular weight is 340 g/mol. The normalized spacial score (nSPS) is 28.9. The molecule has 0 amide bonds. The molecule has 0 aromatic carbocycles. The fourth-order valence-electron chi connectivity index (χ4n) is 3.49. The van der Waals surface area contributed by atoms with Crippen LogP contribution >= 0.6 is 0 Å². The second-order valence-electron chi connectivity index (χ2n) is 7.35. The molecule has 6 heteroatoms. The Balaban J connectivity index is 1.84. The third-order valence-corrected chi connectivity index (χ3v) is 5.42. The summed E-state index contributed by atoms with van der Waals surface area (Å²) in [5, 5.41) is 19.2. The van der Waals surface area contributed by atoms with Crippen molar-refractivity contribution in [2.45, 2.75) is 46.3 Å². The topological polar surface area (TPSA) is 93.1 Å². The minimum atomic E-state index is -1.54. The molecule has 0 aromatic rings. The number of aliphatic hydroxyl groups excluding tert-OH is 1. The van der Waals surface area contributed by atoms with Gasteiger partial charge in [-0.05, 0) is 44.9 Å². The Hall–Kier alpha value is -1.40. The average Bonchev–Trinajstić information content (AvgIpc) is 2.58. The number of hydrogen-bond donors (Lipinski definition) is 2. The van der Waals surface area contributed by atoms with Crippen LogP contribution in [-0.4, -0.2) is 41.7 Å². The minimum Gasteiger partial charge on any atom is -0.462 e. The maximum atomic E-state index is 12.4. The number of hydrogen-bond acceptors (Lipinski definition) is 6. The summed E-state index contributed by atoms with van der Waals surface area (Å²) in [4.78, 5) is 24.2. The van der Waals surface area contributed by atoms with Gasteiger partial charge in [-0.3, -0.25) is 9.59 Å². The van der Waals surface area contributed by atoms with Crippen LogP contribution in [0.4, 0.5) is 0 Å². The summed E-state index contributed by atoms with van der Waals surface area (Å²) in [6.45, 7) is 5.51. The van der Waals surface area contributed by atoms with Gasteiger partial charge in [0.1, 0.15) is 13.2 Å². The molecule has 3 aliphatic carbocycles. The molecule has 1 saturated carbocycles. The highest BCUT2D eigenvalue weighted by Crippen LogP contribution is 2.46. The van der Waals surface area contributed by atoms with Gasteiger partial charge in [-0.15, -0.1) is 0 Å². The van der Waals surface area contributed by atoms with Gasteiger partial charge in [0.15, 0.2) is 6.29 Å². The molecule has 0 radical (unpaired) electrons. The molecule has 4 unspecified atom stereocenters. The number of aliphatic hydroxyl groups is 2. The van der Waals surface area contributed by atoms with Crippen LogP contribution in [0, 0.1) is 29.1 Å². The van der Waals surface area contributed by atoms with Crippen LogP contribution in [-0.2, 0) is 19.1 Å². The number of esters is 2. The van der Waals surface area contributed by atoms with E-state index in [9.17, 15) is 19.8 Å². The Labute approximate surface area is 142 Å². The minimum absolute atomic E-state index is 0.00395. The van der Waals surface area contributed by atoms with E-state index >= 15 is 0 Å². The van der Waals surface area contributed by atoms with E-state index < -0.39 is 29.5 Å². The lowest BCUT2D eigenvalue weighted by molar-refractivity contribution is -0.175. The Morgan fingerprint density at radius 1 is 1.12 bits per heavy atom. The summed E-state index contributed by atoms with van der Waals surface area (Å²) in [7, 11) is 0. The molecule has 0 heterocycles. The zero-order chi connectivity index (χ0) is 17.9. The highest BCUT2D eigenvalue weighted by Gasteiger charge is 2.48. The Kier molecular flexibility index (Phi) is 6.04. The molecule has 1 fully saturated rings. The molecule has 0 aromatic heterocycles. The predicted molar refractivity (Wildman–Crippen MR) is 86.5 cm³/mol. The maximum Gasteiger partial charge on any atom is 0.311 e. The van der Waals surface area contributed by atoms with Crippen molar-refractivity contribution in [3.05, 3.63) is 12.2 Å². The monoisotopic (exact) mass is 340 g/mol. The van der Waals surface area contributed by atoms with Crippen molar-refractivity contribution in [2.24, 2.45) is 29.1 Å². The molecule has 2 N–H and O–H groups in total. The van der Waals surface area contributed by atoms with Gasteiger partial charge < -0.3 is 19.7 Å². The lowest BCUT2D eigenvalue weighted by atomic mass is 9.62. The summed E-state index contributed by atoms with van der Waals surface area (Å²) in [5.74, 6) is -1.85. The Morgan fingerprint density at radius 2 is 1.71 bits per heavy atom. The molecule has 2 bridgehead atoms. The standard InChI is InChI=1S/C18H28O6/c1-4-18(2,3)17(22)24-10-9-23-16(21)14-12-7-5-11(6-8-12)13(14)15(19)20/h5,7,11-15,19-20H,4,6,8-10H2,1-3H3. The van der Waals surface area contributed by atoms with E-state index in [2.05, 4.69) is 0 Å². The fourth-order valence-corrected chi connectivity index (χ4v) is 3.49. The largest absolute Gasteiger partial charge is 0.462 e.